The summed E-state index contributed by atoms with van der Waals surface area (Å²) < 4.78 is 10.8. The minimum Gasteiger partial charge on any atom is -0.495 e. The summed E-state index contributed by atoms with van der Waals surface area (Å²) in [5, 5.41) is 3.28. The van der Waals surface area contributed by atoms with Crippen LogP contribution in [0, 0.1) is 0 Å². The molecule has 4 rings (SSSR count). The Kier molecular flexibility index (Phi) is 8.49. The Bertz CT molecular complexity index is 1230. The lowest BCUT2D eigenvalue weighted by Crippen LogP contribution is -2.53. The molecule has 1 fully saturated rings. The monoisotopic (exact) mass is 563 g/mol. The number of carbonyl (C=O) groups is 2. The summed E-state index contributed by atoms with van der Waals surface area (Å²) in [5.41, 5.74) is 0.966. The van der Waals surface area contributed by atoms with Crippen LogP contribution in [0.15, 0.2) is 24.4 Å². The van der Waals surface area contributed by atoms with Gasteiger partial charge in [0.15, 0.2) is 0 Å². The van der Waals surface area contributed by atoms with Crippen LogP contribution in [0.2, 0.25) is 10.0 Å². The number of nitrogens with one attached hydrogen (secondary N) is 1. The average Bonchev–Trinajstić information content (AvgIpc) is 3.38. The fraction of sp³-hybridized carbons (Fsp3) is 0.440. The Morgan fingerprint density at radius 1 is 1.24 bits per heavy atom. The Morgan fingerprint density at radius 2 is 1.92 bits per heavy atom. The molecular formula is C25H31Cl2N7O4. The van der Waals surface area contributed by atoms with E-state index in [-0.39, 0.29) is 40.3 Å². The number of anilines is 3. The highest BCUT2D eigenvalue weighted by atomic mass is 35.5. The summed E-state index contributed by atoms with van der Waals surface area (Å²) >= 11 is 13.4. The third kappa shape index (κ3) is 5.31. The van der Waals surface area contributed by atoms with E-state index in [2.05, 4.69) is 15.3 Å². The van der Waals surface area contributed by atoms with Crippen molar-refractivity contribution in [2.24, 2.45) is 0 Å². The molecule has 0 spiro atoms. The van der Waals surface area contributed by atoms with Crippen molar-refractivity contribution < 1.29 is 19.1 Å². The maximum Gasteiger partial charge on any atom is 0.330 e. The van der Waals surface area contributed by atoms with E-state index >= 15 is 0 Å². The zero-order valence-electron chi connectivity index (χ0n) is 22.0. The molecule has 3 amide bonds. The molecule has 1 atom stereocenters. The van der Waals surface area contributed by atoms with Gasteiger partial charge in [0.25, 0.3) is 0 Å². The van der Waals surface area contributed by atoms with E-state index in [0.717, 1.165) is 0 Å². The number of likely N-dealkylation sites (N-methyl/N-ethyl adjacent to an activating group) is 1. The number of nitrogens with zero attached hydrogens (tertiary/aromatic N) is 6. The Balaban J connectivity index is 1.73. The third-order valence-corrected chi connectivity index (χ3v) is 7.18. The first kappa shape index (κ1) is 27.7. The summed E-state index contributed by atoms with van der Waals surface area (Å²) in [7, 11) is 8.53. The number of halogens is 2. The maximum atomic E-state index is 14.2. The van der Waals surface area contributed by atoms with Gasteiger partial charge in [-0.2, -0.15) is 4.98 Å². The van der Waals surface area contributed by atoms with Crippen molar-refractivity contribution in [3.8, 4) is 11.5 Å². The van der Waals surface area contributed by atoms with Crippen LogP contribution in [0.1, 0.15) is 12.0 Å². The van der Waals surface area contributed by atoms with Crippen LogP contribution < -0.4 is 24.6 Å². The second kappa shape index (κ2) is 11.6. The van der Waals surface area contributed by atoms with Gasteiger partial charge >= 0.3 is 6.03 Å². The standard InChI is InChI=1S/C25H31Cl2N7O4/c1-28-24-29-12-15-13-33(22-20(26)17(37-4)11-18(38-5)21(22)27)25(36)34(23(15)30-24)16-8-10-32(14-16)19(35)7-6-9-31(2)3/h6-7,11-12,16H,8-10,13-14H2,1-5H3,(H,28,29,30)/b7-6+/t16-/m0/s1. The van der Waals surface area contributed by atoms with E-state index < -0.39 is 0 Å². The molecule has 0 radical (unpaired) electrons. The van der Waals surface area contributed by atoms with Gasteiger partial charge in [-0.15, -0.1) is 0 Å². The van der Waals surface area contributed by atoms with Crippen molar-refractivity contribution in [1.29, 1.82) is 0 Å². The van der Waals surface area contributed by atoms with Crippen LogP contribution >= 0.6 is 23.2 Å². The van der Waals surface area contributed by atoms with Gasteiger partial charge in [0, 0.05) is 50.6 Å². The van der Waals surface area contributed by atoms with Crippen molar-refractivity contribution in [1.82, 2.24) is 19.8 Å². The lowest BCUT2D eigenvalue weighted by Gasteiger charge is -2.39. The van der Waals surface area contributed by atoms with Crippen LogP contribution in [-0.4, -0.2) is 92.7 Å². The molecule has 11 nitrogen and oxygen atoms in total. The topological polar surface area (TPSA) is 103 Å². The maximum absolute atomic E-state index is 14.2. The number of ether oxygens (including phenoxy) is 2. The largest absolute Gasteiger partial charge is 0.495 e. The number of fused-ring (bicyclic) bond motifs is 1. The van der Waals surface area contributed by atoms with E-state index in [9.17, 15) is 9.59 Å². The van der Waals surface area contributed by atoms with Crippen LogP contribution in [0.5, 0.6) is 11.5 Å². The first-order chi connectivity index (χ1) is 18.2. The number of hydrogen-bond donors (Lipinski definition) is 1. The zero-order chi connectivity index (χ0) is 27.6. The predicted octanol–water partition coefficient (Wildman–Crippen LogP) is 3.51. The molecule has 1 N–H and O–H groups in total. The summed E-state index contributed by atoms with van der Waals surface area (Å²) in [4.78, 5) is 42.7. The number of methoxy groups -OCH3 is 2. The zero-order valence-corrected chi connectivity index (χ0v) is 23.5. The molecule has 0 aliphatic carbocycles. The molecule has 0 bridgehead atoms. The third-order valence-electron chi connectivity index (χ3n) is 6.45. The van der Waals surface area contributed by atoms with Crippen LogP contribution in [0.3, 0.4) is 0 Å². The average molecular weight is 564 g/mol. The number of rotatable bonds is 8. The first-order valence-corrected chi connectivity index (χ1v) is 12.8. The molecule has 2 aromatic rings. The fourth-order valence-electron chi connectivity index (χ4n) is 4.53. The van der Waals surface area contributed by atoms with Crippen LogP contribution in [-0.2, 0) is 11.3 Å². The van der Waals surface area contributed by atoms with Gasteiger partial charge in [-0.1, -0.05) is 29.3 Å². The number of likely N-dealkylation sites (tertiary alicyclic amines) is 1. The highest BCUT2D eigenvalue weighted by Crippen LogP contribution is 2.48. The van der Waals surface area contributed by atoms with E-state index in [1.165, 1.54) is 19.1 Å². The molecule has 1 saturated heterocycles. The van der Waals surface area contributed by atoms with Crippen molar-refractivity contribution in [2.45, 2.75) is 19.0 Å². The molecule has 38 heavy (non-hydrogen) atoms. The molecule has 1 aromatic carbocycles. The van der Waals surface area contributed by atoms with Gasteiger partial charge < -0.3 is 24.6 Å². The summed E-state index contributed by atoms with van der Waals surface area (Å²) in [5.74, 6) is 1.40. The summed E-state index contributed by atoms with van der Waals surface area (Å²) in [6, 6.07) is 0.876. The first-order valence-electron chi connectivity index (χ1n) is 12.0. The summed E-state index contributed by atoms with van der Waals surface area (Å²) in [6.07, 6.45) is 5.64. The Morgan fingerprint density at radius 3 is 2.53 bits per heavy atom. The Hall–Kier alpha value is -3.28. The molecule has 2 aliphatic heterocycles. The second-order valence-electron chi connectivity index (χ2n) is 9.18. The van der Waals surface area contributed by atoms with Crippen molar-refractivity contribution in [2.75, 3.05) is 70.1 Å². The van der Waals surface area contributed by atoms with E-state index in [1.54, 1.807) is 35.2 Å². The SMILES string of the molecule is CNc1ncc2c(n1)N([C@H]1CCN(C(=O)/C=C/CN(C)C)C1)C(=O)N(c1c(Cl)c(OC)cc(OC)c1Cl)C2. The van der Waals surface area contributed by atoms with Gasteiger partial charge in [-0.25, -0.2) is 9.78 Å². The van der Waals surface area contributed by atoms with E-state index in [4.69, 9.17) is 32.7 Å². The predicted molar refractivity (Wildman–Crippen MR) is 148 cm³/mol. The normalized spacial score (nSPS) is 17.4. The molecule has 2 aliphatic rings. The van der Waals surface area contributed by atoms with Crippen molar-refractivity contribution >= 4 is 52.6 Å². The van der Waals surface area contributed by atoms with E-state index in [1.807, 2.05) is 25.1 Å². The number of aromatic nitrogens is 2. The molecule has 1 aromatic heterocycles. The van der Waals surface area contributed by atoms with Gasteiger partial charge in [-0.05, 0) is 20.5 Å². The molecule has 13 heteroatoms. The van der Waals surface area contributed by atoms with Crippen LogP contribution in [0.4, 0.5) is 22.2 Å². The van der Waals surface area contributed by atoms with Crippen LogP contribution in [0.25, 0.3) is 0 Å². The van der Waals surface area contributed by atoms with E-state index in [0.29, 0.717) is 54.9 Å². The van der Waals surface area contributed by atoms with Crippen molar-refractivity contribution in [3.05, 3.63) is 40.0 Å². The number of hydrogen-bond acceptors (Lipinski definition) is 8. The Labute approximate surface area is 231 Å². The van der Waals surface area contributed by atoms with Gasteiger partial charge in [0.05, 0.1) is 32.5 Å². The minimum atomic E-state index is -0.375. The molecular weight excluding hydrogens is 533 g/mol. The highest BCUT2D eigenvalue weighted by Gasteiger charge is 2.42. The van der Waals surface area contributed by atoms with Gasteiger partial charge in [-0.3, -0.25) is 14.6 Å². The lowest BCUT2D eigenvalue weighted by atomic mass is 10.1. The van der Waals surface area contributed by atoms with Gasteiger partial charge in [0.1, 0.15) is 27.4 Å². The molecule has 0 unspecified atom stereocenters. The highest BCUT2D eigenvalue weighted by molar-refractivity contribution is 6.42. The molecule has 0 saturated carbocycles. The fourth-order valence-corrected chi connectivity index (χ4v) is 5.24. The second-order valence-corrected chi connectivity index (χ2v) is 9.94. The number of benzene rings is 1. The molecule has 3 heterocycles. The van der Waals surface area contributed by atoms with Crippen molar-refractivity contribution in [3.63, 3.8) is 0 Å². The number of urea groups is 1. The quantitative estimate of drug-likeness (QED) is 0.486. The minimum absolute atomic E-state index is 0.0990. The number of carbonyl (C=O) groups excluding carboxylic acids is 2. The number of amides is 3. The smallest absolute Gasteiger partial charge is 0.330 e. The molecule has 204 valence electrons. The summed E-state index contributed by atoms with van der Waals surface area (Å²) in [6.45, 7) is 1.65. The lowest BCUT2D eigenvalue weighted by molar-refractivity contribution is -0.125. The van der Waals surface area contributed by atoms with Gasteiger partial charge in [0.2, 0.25) is 11.9 Å².